The summed E-state index contributed by atoms with van der Waals surface area (Å²) in [7, 11) is 2.06. The van der Waals surface area contributed by atoms with Crippen LogP contribution in [0.3, 0.4) is 0 Å². The molecule has 106 valence electrons. The molecule has 1 aromatic carbocycles. The molecular formula is C15H17ClN2O2. The predicted molar refractivity (Wildman–Crippen MR) is 79.1 cm³/mol. The van der Waals surface area contributed by atoms with E-state index in [4.69, 9.17) is 16.3 Å². The lowest BCUT2D eigenvalue weighted by molar-refractivity contribution is 0.102. The molecule has 4 nitrogen and oxygen atoms in total. The lowest BCUT2D eigenvalue weighted by Gasteiger charge is -2.27. The highest BCUT2D eigenvalue weighted by Gasteiger charge is 2.26. The van der Waals surface area contributed by atoms with Gasteiger partial charge in [0.15, 0.2) is 0 Å². The van der Waals surface area contributed by atoms with Gasteiger partial charge in [-0.3, -0.25) is 0 Å². The van der Waals surface area contributed by atoms with Crippen LogP contribution in [0.4, 0.5) is 4.79 Å². The van der Waals surface area contributed by atoms with E-state index in [1.54, 1.807) is 4.90 Å². The number of aromatic nitrogens is 1. The Bertz CT molecular complexity index is 678. The minimum Gasteiger partial charge on any atom is -0.450 e. The molecule has 3 rings (SSSR count). The van der Waals surface area contributed by atoms with Crippen LogP contribution in [-0.4, -0.2) is 28.7 Å². The van der Waals surface area contributed by atoms with Gasteiger partial charge in [-0.1, -0.05) is 11.6 Å². The molecule has 0 N–H and O–H groups in total. The molecule has 2 aromatic rings. The topological polar surface area (TPSA) is 34.5 Å². The highest BCUT2D eigenvalue weighted by atomic mass is 35.5. The molecule has 0 aliphatic carbocycles. The number of carbonyl (C=O) groups excluding carboxylic acids is 1. The molecule has 0 saturated heterocycles. The molecule has 0 fully saturated rings. The van der Waals surface area contributed by atoms with Crippen LogP contribution in [0, 0.1) is 0 Å². The first kappa shape index (κ1) is 13.3. The predicted octanol–water partition coefficient (Wildman–Crippen LogP) is 3.35. The van der Waals surface area contributed by atoms with E-state index >= 15 is 0 Å². The summed E-state index contributed by atoms with van der Waals surface area (Å²) in [6, 6.07) is 5.91. The third-order valence-electron chi connectivity index (χ3n) is 3.89. The van der Waals surface area contributed by atoms with Gasteiger partial charge < -0.3 is 14.2 Å². The van der Waals surface area contributed by atoms with Gasteiger partial charge in [-0.15, -0.1) is 0 Å². The average molecular weight is 293 g/mol. The minimum atomic E-state index is -0.239. The first-order valence-corrected chi connectivity index (χ1v) is 7.17. The summed E-state index contributed by atoms with van der Waals surface area (Å²) < 4.78 is 7.29. The van der Waals surface area contributed by atoms with Gasteiger partial charge in [0.1, 0.15) is 0 Å². The Labute approximate surface area is 122 Å². The fourth-order valence-corrected chi connectivity index (χ4v) is 3.09. The molecule has 1 amide bonds. The van der Waals surface area contributed by atoms with Gasteiger partial charge in [-0.05, 0) is 25.1 Å². The van der Waals surface area contributed by atoms with Crippen LogP contribution in [0.1, 0.15) is 18.2 Å². The zero-order chi connectivity index (χ0) is 14.3. The van der Waals surface area contributed by atoms with Crippen molar-refractivity contribution in [1.29, 1.82) is 0 Å². The van der Waals surface area contributed by atoms with Gasteiger partial charge in [0.2, 0.25) is 0 Å². The standard InChI is InChI=1S/C15H17ClN2O2/c1-3-20-15(19)18-7-6-14-12(9-18)11-8-10(16)4-5-13(11)17(14)2/h4-5,8H,3,6-7,9H2,1-2H3. The Hall–Kier alpha value is -1.68. The number of ether oxygens (including phenoxy) is 1. The van der Waals surface area contributed by atoms with Crippen molar-refractivity contribution in [3.63, 3.8) is 0 Å². The van der Waals surface area contributed by atoms with E-state index in [0.29, 0.717) is 19.7 Å². The third-order valence-corrected chi connectivity index (χ3v) is 4.13. The van der Waals surface area contributed by atoms with Gasteiger partial charge >= 0.3 is 6.09 Å². The van der Waals surface area contributed by atoms with E-state index in [-0.39, 0.29) is 6.09 Å². The summed E-state index contributed by atoms with van der Waals surface area (Å²) in [5.41, 5.74) is 3.62. The second-order valence-corrected chi connectivity index (χ2v) is 5.45. The van der Waals surface area contributed by atoms with Crippen molar-refractivity contribution in [2.24, 2.45) is 7.05 Å². The molecule has 0 saturated carbocycles. The van der Waals surface area contributed by atoms with Gasteiger partial charge in [-0.2, -0.15) is 0 Å². The number of halogens is 1. The maximum absolute atomic E-state index is 11.9. The highest BCUT2D eigenvalue weighted by Crippen LogP contribution is 2.32. The van der Waals surface area contributed by atoms with Crippen LogP contribution in [0.2, 0.25) is 5.02 Å². The molecule has 0 bridgehead atoms. The molecule has 0 atom stereocenters. The van der Waals surface area contributed by atoms with Crippen molar-refractivity contribution < 1.29 is 9.53 Å². The molecule has 1 aliphatic rings. The average Bonchev–Trinajstić information content (AvgIpc) is 2.72. The largest absolute Gasteiger partial charge is 0.450 e. The lowest BCUT2D eigenvalue weighted by Crippen LogP contribution is -2.36. The van der Waals surface area contributed by atoms with Crippen molar-refractivity contribution in [1.82, 2.24) is 9.47 Å². The van der Waals surface area contributed by atoms with E-state index in [2.05, 4.69) is 11.6 Å². The summed E-state index contributed by atoms with van der Waals surface area (Å²) in [5, 5.41) is 1.85. The summed E-state index contributed by atoms with van der Waals surface area (Å²) >= 11 is 6.10. The Kier molecular flexibility index (Phi) is 3.34. The third kappa shape index (κ3) is 2.04. The first-order chi connectivity index (χ1) is 9.61. The summed E-state index contributed by atoms with van der Waals surface area (Å²) in [6.07, 6.45) is 0.605. The number of benzene rings is 1. The van der Waals surface area contributed by atoms with Crippen LogP contribution < -0.4 is 0 Å². The van der Waals surface area contributed by atoms with Crippen LogP contribution in [0.5, 0.6) is 0 Å². The van der Waals surface area contributed by atoms with Crippen molar-refractivity contribution in [2.45, 2.75) is 19.9 Å². The number of fused-ring (bicyclic) bond motifs is 3. The fourth-order valence-electron chi connectivity index (χ4n) is 2.92. The normalized spacial score (nSPS) is 14.4. The van der Waals surface area contributed by atoms with Crippen LogP contribution in [0.15, 0.2) is 18.2 Å². The number of amides is 1. The van der Waals surface area contributed by atoms with Gasteiger partial charge in [0.05, 0.1) is 13.2 Å². The Morgan fingerprint density at radius 3 is 3.00 bits per heavy atom. The molecule has 1 aromatic heterocycles. The lowest BCUT2D eigenvalue weighted by atomic mass is 10.0. The van der Waals surface area contributed by atoms with Crippen LogP contribution in [-0.2, 0) is 24.8 Å². The molecule has 0 spiro atoms. The van der Waals surface area contributed by atoms with Crippen molar-refractivity contribution in [3.05, 3.63) is 34.5 Å². The summed E-state index contributed by atoms with van der Waals surface area (Å²) in [5.74, 6) is 0. The summed E-state index contributed by atoms with van der Waals surface area (Å²) in [6.45, 7) is 3.52. The molecule has 1 aliphatic heterocycles. The number of hydrogen-bond donors (Lipinski definition) is 0. The molecule has 5 heteroatoms. The Morgan fingerprint density at radius 1 is 1.45 bits per heavy atom. The van der Waals surface area contributed by atoms with E-state index in [0.717, 1.165) is 22.3 Å². The monoisotopic (exact) mass is 292 g/mol. The smallest absolute Gasteiger partial charge is 0.410 e. The molecule has 0 radical (unpaired) electrons. The zero-order valence-electron chi connectivity index (χ0n) is 11.6. The van der Waals surface area contributed by atoms with Crippen LogP contribution in [0.25, 0.3) is 10.9 Å². The minimum absolute atomic E-state index is 0.239. The quantitative estimate of drug-likeness (QED) is 0.808. The van der Waals surface area contributed by atoms with Gasteiger partial charge in [-0.25, -0.2) is 4.79 Å². The molecule has 2 heterocycles. The second-order valence-electron chi connectivity index (χ2n) is 5.02. The summed E-state index contributed by atoms with van der Waals surface area (Å²) in [4.78, 5) is 13.6. The van der Waals surface area contributed by atoms with Gasteiger partial charge in [0.25, 0.3) is 0 Å². The van der Waals surface area contributed by atoms with E-state index in [1.165, 1.54) is 11.3 Å². The number of rotatable bonds is 1. The van der Waals surface area contributed by atoms with Crippen molar-refractivity contribution in [2.75, 3.05) is 13.2 Å². The number of nitrogens with zero attached hydrogens (tertiary/aromatic N) is 2. The second kappa shape index (κ2) is 5.02. The molecular weight excluding hydrogens is 276 g/mol. The maximum Gasteiger partial charge on any atom is 0.410 e. The first-order valence-electron chi connectivity index (χ1n) is 6.79. The SMILES string of the molecule is CCOC(=O)N1CCc2c(c3cc(Cl)ccc3n2C)C1. The van der Waals surface area contributed by atoms with E-state index < -0.39 is 0 Å². The van der Waals surface area contributed by atoms with E-state index in [9.17, 15) is 4.79 Å². The maximum atomic E-state index is 11.9. The zero-order valence-corrected chi connectivity index (χ0v) is 12.4. The number of aryl methyl sites for hydroxylation is 1. The fraction of sp³-hybridized carbons (Fsp3) is 0.400. The Balaban J connectivity index is 2.04. The highest BCUT2D eigenvalue weighted by molar-refractivity contribution is 6.31. The van der Waals surface area contributed by atoms with E-state index in [1.807, 2.05) is 25.1 Å². The molecule has 20 heavy (non-hydrogen) atoms. The number of hydrogen-bond acceptors (Lipinski definition) is 2. The van der Waals surface area contributed by atoms with Crippen molar-refractivity contribution in [3.8, 4) is 0 Å². The van der Waals surface area contributed by atoms with Crippen molar-refractivity contribution >= 4 is 28.6 Å². The molecule has 0 unspecified atom stereocenters. The van der Waals surface area contributed by atoms with Gasteiger partial charge in [0, 0.05) is 47.2 Å². The number of carbonyl (C=O) groups is 1. The Morgan fingerprint density at radius 2 is 2.25 bits per heavy atom. The van der Waals surface area contributed by atoms with Crippen LogP contribution >= 0.6 is 11.6 Å².